The van der Waals surface area contributed by atoms with Gasteiger partial charge in [-0.05, 0) is 30.5 Å². The van der Waals surface area contributed by atoms with Crippen LogP contribution in [-0.2, 0) is 17.8 Å². The number of hydrogen-bond donors (Lipinski definition) is 1. The third-order valence-corrected chi connectivity index (χ3v) is 3.90. The first-order chi connectivity index (χ1) is 9.58. The summed E-state index contributed by atoms with van der Waals surface area (Å²) in [5.74, 6) is -1.50. The van der Waals surface area contributed by atoms with Gasteiger partial charge in [0.15, 0.2) is 0 Å². The van der Waals surface area contributed by atoms with E-state index in [2.05, 4.69) is 0 Å². The molecule has 0 bridgehead atoms. The quantitative estimate of drug-likeness (QED) is 0.911. The summed E-state index contributed by atoms with van der Waals surface area (Å²) >= 11 is 0. The van der Waals surface area contributed by atoms with Crippen molar-refractivity contribution in [3.05, 3.63) is 58.9 Å². The predicted octanol–water partition coefficient (Wildman–Crippen LogP) is 2.46. The maximum atomic E-state index is 12.6. The van der Waals surface area contributed by atoms with Gasteiger partial charge in [0, 0.05) is 18.3 Å². The monoisotopic (exact) mass is 269 g/mol. The third kappa shape index (κ3) is 1.93. The predicted molar refractivity (Wildman–Crippen MR) is 74.1 cm³/mol. The molecule has 102 valence electrons. The van der Waals surface area contributed by atoms with Gasteiger partial charge < -0.3 is 9.67 Å². The first kappa shape index (κ1) is 12.7. The lowest BCUT2D eigenvalue weighted by Crippen LogP contribution is -2.06. The van der Waals surface area contributed by atoms with Gasteiger partial charge >= 0.3 is 5.97 Å². The van der Waals surface area contributed by atoms with Crippen LogP contribution < -0.4 is 0 Å². The van der Waals surface area contributed by atoms with E-state index in [1.807, 2.05) is 28.8 Å². The number of carbonyl (C=O) groups is 2. The molecule has 1 unspecified atom stereocenters. The van der Waals surface area contributed by atoms with Gasteiger partial charge in [0.1, 0.15) is 0 Å². The number of aryl methyl sites for hydroxylation is 2. The van der Waals surface area contributed by atoms with Crippen LogP contribution in [0.4, 0.5) is 0 Å². The Bertz CT molecular complexity index is 699. The average Bonchev–Trinajstić information content (AvgIpc) is 2.82. The highest BCUT2D eigenvalue weighted by molar-refractivity contribution is 6.09. The molecule has 20 heavy (non-hydrogen) atoms. The molecule has 0 radical (unpaired) electrons. The molecule has 1 aromatic carbocycles. The molecule has 1 aliphatic rings. The van der Waals surface area contributed by atoms with Crippen LogP contribution in [-0.4, -0.2) is 21.4 Å². The highest BCUT2D eigenvalue weighted by Gasteiger charge is 2.24. The fraction of sp³-hybridized carbons (Fsp3) is 0.250. The van der Waals surface area contributed by atoms with E-state index >= 15 is 0 Å². The van der Waals surface area contributed by atoms with Gasteiger partial charge in [0.25, 0.3) is 0 Å². The van der Waals surface area contributed by atoms with Crippen molar-refractivity contribution in [3.8, 4) is 0 Å². The van der Waals surface area contributed by atoms with Crippen molar-refractivity contribution in [2.24, 2.45) is 0 Å². The molecule has 0 aliphatic carbocycles. The SMILES string of the molecule is CC(C(=O)O)c1cc2n(c1)CCc1ccccc1C2=O. The van der Waals surface area contributed by atoms with E-state index in [0.717, 1.165) is 17.5 Å². The van der Waals surface area contributed by atoms with Gasteiger partial charge in [0.05, 0.1) is 11.6 Å². The summed E-state index contributed by atoms with van der Waals surface area (Å²) in [7, 11) is 0. The van der Waals surface area contributed by atoms with Crippen molar-refractivity contribution in [2.75, 3.05) is 0 Å². The smallest absolute Gasteiger partial charge is 0.310 e. The van der Waals surface area contributed by atoms with Gasteiger partial charge in [-0.25, -0.2) is 0 Å². The standard InChI is InChI=1S/C16H15NO3/c1-10(16(19)20)12-8-14-15(18)13-5-3-2-4-11(13)6-7-17(14)9-12/h2-5,8-10H,6-7H2,1H3,(H,19,20). The fourth-order valence-corrected chi connectivity index (χ4v) is 2.63. The number of carboxylic acid groups (broad SMARTS) is 1. The van der Waals surface area contributed by atoms with Gasteiger partial charge in [-0.15, -0.1) is 0 Å². The molecule has 1 aliphatic heterocycles. The number of aromatic nitrogens is 1. The van der Waals surface area contributed by atoms with E-state index in [1.54, 1.807) is 19.2 Å². The Balaban J connectivity index is 2.07. The number of aliphatic carboxylic acids is 1. The highest BCUT2D eigenvalue weighted by atomic mass is 16.4. The number of carbonyl (C=O) groups excluding carboxylic acids is 1. The molecule has 3 rings (SSSR count). The number of fused-ring (bicyclic) bond motifs is 2. The van der Waals surface area contributed by atoms with Crippen LogP contribution in [0.5, 0.6) is 0 Å². The Kier molecular flexibility index (Phi) is 2.93. The zero-order valence-electron chi connectivity index (χ0n) is 11.2. The van der Waals surface area contributed by atoms with E-state index in [9.17, 15) is 9.59 Å². The summed E-state index contributed by atoms with van der Waals surface area (Å²) in [6.07, 6.45) is 2.57. The fourth-order valence-electron chi connectivity index (χ4n) is 2.63. The molecule has 0 saturated carbocycles. The molecular formula is C16H15NO3. The minimum absolute atomic E-state index is 0.0260. The number of rotatable bonds is 2. The first-order valence-electron chi connectivity index (χ1n) is 6.63. The van der Waals surface area contributed by atoms with Crippen molar-refractivity contribution >= 4 is 11.8 Å². The summed E-state index contributed by atoms with van der Waals surface area (Å²) in [6, 6.07) is 9.31. The van der Waals surface area contributed by atoms with Crippen LogP contribution >= 0.6 is 0 Å². The minimum atomic E-state index is -0.876. The molecular weight excluding hydrogens is 254 g/mol. The second kappa shape index (κ2) is 4.63. The van der Waals surface area contributed by atoms with Crippen molar-refractivity contribution in [3.63, 3.8) is 0 Å². The molecule has 1 atom stereocenters. The third-order valence-electron chi connectivity index (χ3n) is 3.90. The van der Waals surface area contributed by atoms with E-state index in [-0.39, 0.29) is 5.78 Å². The van der Waals surface area contributed by atoms with Crippen LogP contribution in [0.1, 0.15) is 40.0 Å². The number of carboxylic acids is 1. The lowest BCUT2D eigenvalue weighted by molar-refractivity contribution is -0.138. The number of ketones is 1. The maximum absolute atomic E-state index is 12.6. The van der Waals surface area contributed by atoms with Crippen molar-refractivity contribution in [1.29, 1.82) is 0 Å². The molecule has 4 heteroatoms. The maximum Gasteiger partial charge on any atom is 0.310 e. The zero-order chi connectivity index (χ0) is 14.3. The van der Waals surface area contributed by atoms with Crippen LogP contribution in [0.25, 0.3) is 0 Å². The first-order valence-corrected chi connectivity index (χ1v) is 6.63. The number of hydrogen-bond acceptors (Lipinski definition) is 2. The van der Waals surface area contributed by atoms with Crippen molar-refractivity contribution in [2.45, 2.75) is 25.8 Å². The molecule has 2 heterocycles. The lowest BCUT2D eigenvalue weighted by atomic mass is 9.99. The molecule has 0 amide bonds. The summed E-state index contributed by atoms with van der Waals surface area (Å²) in [6.45, 7) is 2.33. The second-order valence-electron chi connectivity index (χ2n) is 5.15. The molecule has 2 aromatic rings. The zero-order valence-corrected chi connectivity index (χ0v) is 11.2. The molecule has 4 nitrogen and oxygen atoms in total. The van der Waals surface area contributed by atoms with Gasteiger partial charge in [-0.1, -0.05) is 24.3 Å². The van der Waals surface area contributed by atoms with E-state index < -0.39 is 11.9 Å². The molecule has 1 N–H and O–H groups in total. The topological polar surface area (TPSA) is 59.3 Å². The Morgan fingerprint density at radius 2 is 2.10 bits per heavy atom. The van der Waals surface area contributed by atoms with Gasteiger partial charge in [0.2, 0.25) is 5.78 Å². The Hall–Kier alpha value is -2.36. The Morgan fingerprint density at radius 1 is 1.35 bits per heavy atom. The van der Waals surface area contributed by atoms with Crippen LogP contribution in [0, 0.1) is 0 Å². The second-order valence-corrected chi connectivity index (χ2v) is 5.15. The van der Waals surface area contributed by atoms with E-state index in [0.29, 0.717) is 17.8 Å². The van der Waals surface area contributed by atoms with Crippen molar-refractivity contribution in [1.82, 2.24) is 4.57 Å². The van der Waals surface area contributed by atoms with Crippen molar-refractivity contribution < 1.29 is 14.7 Å². The molecule has 0 spiro atoms. The molecule has 0 saturated heterocycles. The summed E-state index contributed by atoms with van der Waals surface area (Å²) in [4.78, 5) is 23.6. The van der Waals surface area contributed by atoms with Crippen LogP contribution in [0.3, 0.4) is 0 Å². The molecule has 1 aromatic heterocycles. The molecule has 0 fully saturated rings. The highest BCUT2D eigenvalue weighted by Crippen LogP contribution is 2.25. The Labute approximate surface area is 116 Å². The average molecular weight is 269 g/mol. The largest absolute Gasteiger partial charge is 0.481 e. The number of benzene rings is 1. The lowest BCUT2D eigenvalue weighted by Gasteiger charge is -2.04. The summed E-state index contributed by atoms with van der Waals surface area (Å²) in [5.41, 5.74) is 3.03. The van der Waals surface area contributed by atoms with Gasteiger partial charge in [-0.2, -0.15) is 0 Å². The summed E-state index contributed by atoms with van der Waals surface area (Å²) < 4.78 is 1.87. The van der Waals surface area contributed by atoms with Crippen LogP contribution in [0.2, 0.25) is 0 Å². The Morgan fingerprint density at radius 3 is 2.85 bits per heavy atom. The summed E-state index contributed by atoms with van der Waals surface area (Å²) in [5, 5.41) is 9.08. The van der Waals surface area contributed by atoms with E-state index in [4.69, 9.17) is 5.11 Å². The normalized spacial score (nSPS) is 15.2. The number of nitrogens with zero attached hydrogens (tertiary/aromatic N) is 1. The van der Waals surface area contributed by atoms with Gasteiger partial charge in [-0.3, -0.25) is 9.59 Å². The van der Waals surface area contributed by atoms with Crippen LogP contribution in [0.15, 0.2) is 36.5 Å². The minimum Gasteiger partial charge on any atom is -0.481 e. The van der Waals surface area contributed by atoms with E-state index in [1.165, 1.54) is 0 Å².